The van der Waals surface area contributed by atoms with Crippen LogP contribution in [0.15, 0.2) is 0 Å². The highest BCUT2D eigenvalue weighted by molar-refractivity contribution is 5.69. The summed E-state index contributed by atoms with van der Waals surface area (Å²) in [5.41, 5.74) is 3.49. The van der Waals surface area contributed by atoms with Crippen LogP contribution in [-0.2, 0) is 16.6 Å². The Morgan fingerprint density at radius 3 is 2.68 bits per heavy atom. The minimum Gasteiger partial charge on any atom is -0.466 e. The maximum Gasteiger partial charge on any atom is 0.305 e. The van der Waals surface area contributed by atoms with Crippen LogP contribution in [0.1, 0.15) is 49.7 Å². The molecule has 0 radical (unpaired) electrons. The normalized spacial score (nSPS) is 12.5. The number of esters is 1. The van der Waals surface area contributed by atoms with Crippen molar-refractivity contribution in [2.75, 3.05) is 13.2 Å². The van der Waals surface area contributed by atoms with Crippen LogP contribution < -0.4 is 5.32 Å². The summed E-state index contributed by atoms with van der Waals surface area (Å²) < 4.78 is 6.80. The topological polar surface area (TPSA) is 56.1 Å². The van der Waals surface area contributed by atoms with Gasteiger partial charge in [-0.25, -0.2) is 0 Å². The Kier molecular flexibility index (Phi) is 6.02. The predicted octanol–water partition coefficient (Wildman–Crippen LogP) is 2.03. The minimum absolute atomic E-state index is 0.120. The van der Waals surface area contributed by atoms with Crippen molar-refractivity contribution in [2.24, 2.45) is 7.05 Å². The Hall–Kier alpha value is -1.36. The van der Waals surface area contributed by atoms with Crippen LogP contribution in [0.5, 0.6) is 0 Å². The van der Waals surface area contributed by atoms with Gasteiger partial charge in [-0.3, -0.25) is 9.48 Å². The number of ether oxygens (including phenoxy) is 1. The zero-order chi connectivity index (χ0) is 14.4. The van der Waals surface area contributed by atoms with Gasteiger partial charge in [0.15, 0.2) is 0 Å². The van der Waals surface area contributed by atoms with E-state index in [9.17, 15) is 4.79 Å². The number of aryl methyl sites for hydroxylation is 2. The van der Waals surface area contributed by atoms with E-state index in [0.29, 0.717) is 13.0 Å². The van der Waals surface area contributed by atoms with Crippen molar-refractivity contribution in [1.82, 2.24) is 15.1 Å². The molecule has 0 aliphatic rings. The summed E-state index contributed by atoms with van der Waals surface area (Å²) in [6.07, 6.45) is 1.26. The van der Waals surface area contributed by atoms with Crippen molar-refractivity contribution in [3.8, 4) is 0 Å². The van der Waals surface area contributed by atoms with E-state index in [4.69, 9.17) is 4.74 Å². The molecule has 5 heteroatoms. The molecule has 1 rings (SSSR count). The molecule has 5 nitrogen and oxygen atoms in total. The Morgan fingerprint density at radius 2 is 2.16 bits per heavy atom. The second-order valence-corrected chi connectivity index (χ2v) is 4.79. The summed E-state index contributed by atoms with van der Waals surface area (Å²) in [5.74, 6) is -0.120. The third-order valence-electron chi connectivity index (χ3n) is 3.31. The quantitative estimate of drug-likeness (QED) is 0.606. The number of carbonyl (C=O) groups excluding carboxylic acids is 1. The third-order valence-corrected chi connectivity index (χ3v) is 3.31. The van der Waals surface area contributed by atoms with Crippen LogP contribution in [0.4, 0.5) is 0 Å². The molecule has 0 aromatic carbocycles. The van der Waals surface area contributed by atoms with Gasteiger partial charge in [0.1, 0.15) is 0 Å². The predicted molar refractivity (Wildman–Crippen MR) is 75.0 cm³/mol. The first-order valence-corrected chi connectivity index (χ1v) is 6.86. The zero-order valence-corrected chi connectivity index (χ0v) is 12.6. The second kappa shape index (κ2) is 7.28. The SMILES string of the molecule is CCOC(=O)CCCNC(C)c1c(C)nn(C)c1C. The maximum atomic E-state index is 11.2. The van der Waals surface area contributed by atoms with Gasteiger partial charge in [0, 0.05) is 30.8 Å². The number of rotatable bonds is 7. The van der Waals surface area contributed by atoms with Crippen molar-refractivity contribution in [3.63, 3.8) is 0 Å². The molecule has 1 N–H and O–H groups in total. The van der Waals surface area contributed by atoms with E-state index in [1.807, 2.05) is 25.6 Å². The smallest absolute Gasteiger partial charge is 0.305 e. The van der Waals surface area contributed by atoms with Crippen molar-refractivity contribution in [1.29, 1.82) is 0 Å². The molecule has 108 valence electrons. The van der Waals surface area contributed by atoms with E-state index < -0.39 is 0 Å². The summed E-state index contributed by atoms with van der Waals surface area (Å²) in [5, 5.41) is 7.85. The molecule has 0 saturated heterocycles. The molecular weight excluding hydrogens is 242 g/mol. The summed E-state index contributed by atoms with van der Waals surface area (Å²) in [6, 6.07) is 0.246. The number of aromatic nitrogens is 2. The number of nitrogens with one attached hydrogen (secondary N) is 1. The summed E-state index contributed by atoms with van der Waals surface area (Å²) in [4.78, 5) is 11.2. The largest absolute Gasteiger partial charge is 0.466 e. The van der Waals surface area contributed by atoms with Gasteiger partial charge in [-0.1, -0.05) is 0 Å². The fraction of sp³-hybridized carbons (Fsp3) is 0.714. The molecule has 1 aromatic rings. The number of hydrogen-bond acceptors (Lipinski definition) is 4. The Bertz CT molecular complexity index is 427. The highest BCUT2D eigenvalue weighted by Gasteiger charge is 2.15. The van der Waals surface area contributed by atoms with Crippen LogP contribution in [0.2, 0.25) is 0 Å². The average Bonchev–Trinajstić information content (AvgIpc) is 2.59. The maximum absolute atomic E-state index is 11.2. The average molecular weight is 267 g/mol. The molecule has 0 aliphatic heterocycles. The van der Waals surface area contributed by atoms with Gasteiger partial charge in [0.2, 0.25) is 0 Å². The number of nitrogens with zero attached hydrogens (tertiary/aromatic N) is 2. The van der Waals surface area contributed by atoms with Gasteiger partial charge in [-0.05, 0) is 40.7 Å². The summed E-state index contributed by atoms with van der Waals surface area (Å²) in [6.45, 7) is 9.31. The highest BCUT2D eigenvalue weighted by Crippen LogP contribution is 2.20. The highest BCUT2D eigenvalue weighted by atomic mass is 16.5. The van der Waals surface area contributed by atoms with Gasteiger partial charge in [0.25, 0.3) is 0 Å². The van der Waals surface area contributed by atoms with Crippen molar-refractivity contribution in [2.45, 2.75) is 46.6 Å². The summed E-state index contributed by atoms with van der Waals surface area (Å²) >= 11 is 0. The molecule has 1 heterocycles. The van der Waals surface area contributed by atoms with Gasteiger partial charge < -0.3 is 10.1 Å². The van der Waals surface area contributed by atoms with Crippen LogP contribution >= 0.6 is 0 Å². The van der Waals surface area contributed by atoms with Crippen LogP contribution in [0, 0.1) is 13.8 Å². The Labute approximate surface area is 115 Å². The van der Waals surface area contributed by atoms with E-state index in [1.54, 1.807) is 0 Å². The monoisotopic (exact) mass is 267 g/mol. The lowest BCUT2D eigenvalue weighted by Gasteiger charge is -2.14. The van der Waals surface area contributed by atoms with Crippen LogP contribution in [0.3, 0.4) is 0 Å². The molecule has 1 unspecified atom stereocenters. The Balaban J connectivity index is 2.39. The first kappa shape index (κ1) is 15.7. The lowest BCUT2D eigenvalue weighted by Crippen LogP contribution is -2.21. The van der Waals surface area contributed by atoms with E-state index in [2.05, 4.69) is 24.3 Å². The van der Waals surface area contributed by atoms with Gasteiger partial charge in [0.05, 0.1) is 12.3 Å². The van der Waals surface area contributed by atoms with E-state index in [1.165, 1.54) is 11.3 Å². The van der Waals surface area contributed by atoms with Gasteiger partial charge >= 0.3 is 5.97 Å². The van der Waals surface area contributed by atoms with E-state index >= 15 is 0 Å². The summed E-state index contributed by atoms with van der Waals surface area (Å²) in [7, 11) is 1.96. The molecule has 0 saturated carbocycles. The van der Waals surface area contributed by atoms with Crippen LogP contribution in [0.25, 0.3) is 0 Å². The minimum atomic E-state index is -0.120. The fourth-order valence-electron chi connectivity index (χ4n) is 2.30. The molecule has 0 amide bonds. The number of hydrogen-bond donors (Lipinski definition) is 1. The molecule has 0 aliphatic carbocycles. The molecule has 19 heavy (non-hydrogen) atoms. The molecule has 1 atom stereocenters. The van der Waals surface area contributed by atoms with Crippen LogP contribution in [-0.4, -0.2) is 28.9 Å². The van der Waals surface area contributed by atoms with E-state index in [0.717, 1.165) is 18.7 Å². The molecule has 0 spiro atoms. The molecule has 0 fully saturated rings. The lowest BCUT2D eigenvalue weighted by molar-refractivity contribution is -0.143. The Morgan fingerprint density at radius 1 is 1.47 bits per heavy atom. The third kappa shape index (κ3) is 4.35. The van der Waals surface area contributed by atoms with Gasteiger partial charge in [-0.2, -0.15) is 5.10 Å². The lowest BCUT2D eigenvalue weighted by atomic mass is 10.1. The first-order valence-electron chi connectivity index (χ1n) is 6.86. The van der Waals surface area contributed by atoms with Crippen molar-refractivity contribution >= 4 is 5.97 Å². The molecular formula is C14H25N3O2. The van der Waals surface area contributed by atoms with Crippen molar-refractivity contribution in [3.05, 3.63) is 17.0 Å². The number of carbonyl (C=O) groups is 1. The molecule has 0 bridgehead atoms. The zero-order valence-electron chi connectivity index (χ0n) is 12.6. The fourth-order valence-corrected chi connectivity index (χ4v) is 2.30. The molecule has 1 aromatic heterocycles. The first-order chi connectivity index (χ1) is 8.97. The second-order valence-electron chi connectivity index (χ2n) is 4.79. The van der Waals surface area contributed by atoms with Gasteiger partial charge in [-0.15, -0.1) is 0 Å². The standard InChI is InChI=1S/C14H25N3O2/c1-6-19-13(18)8-7-9-15-10(2)14-11(3)16-17(5)12(14)4/h10,15H,6-9H2,1-5H3. The van der Waals surface area contributed by atoms with E-state index in [-0.39, 0.29) is 12.0 Å². The van der Waals surface area contributed by atoms with Crippen molar-refractivity contribution < 1.29 is 9.53 Å².